The summed E-state index contributed by atoms with van der Waals surface area (Å²) in [4.78, 5) is 14.2. The molecule has 9 heteroatoms. The molecule has 1 saturated carbocycles. The molecule has 0 radical (unpaired) electrons. The Morgan fingerprint density at radius 3 is 2.44 bits per heavy atom. The van der Waals surface area contributed by atoms with Gasteiger partial charge in [0.2, 0.25) is 0 Å². The normalized spacial score (nSPS) is 29.6. The lowest BCUT2D eigenvalue weighted by atomic mass is 10.1. The number of nitrogens with one attached hydrogen (secondary N) is 1. The molecule has 0 amide bonds. The van der Waals surface area contributed by atoms with Gasteiger partial charge in [0.25, 0.3) is 10.2 Å². The van der Waals surface area contributed by atoms with Crippen LogP contribution in [0.3, 0.4) is 0 Å². The summed E-state index contributed by atoms with van der Waals surface area (Å²) in [5, 5.41) is 9.84. The van der Waals surface area contributed by atoms with Gasteiger partial charge in [-0.05, 0) is 11.5 Å². The van der Waals surface area contributed by atoms with Gasteiger partial charge in [-0.15, -0.1) is 0 Å². The van der Waals surface area contributed by atoms with Gasteiger partial charge in [-0.2, -0.15) is 17.4 Å². The summed E-state index contributed by atoms with van der Waals surface area (Å²) < 4.78 is 34.7. The van der Waals surface area contributed by atoms with Gasteiger partial charge in [0.1, 0.15) is 5.54 Å². The molecule has 2 fully saturated rings. The Kier molecular flexibility index (Phi) is 5.87. The van der Waals surface area contributed by atoms with E-state index >= 15 is 0 Å². The van der Waals surface area contributed by atoms with Gasteiger partial charge < -0.3 is 9.84 Å². The van der Waals surface area contributed by atoms with Crippen LogP contribution in [0.25, 0.3) is 0 Å². The minimum absolute atomic E-state index is 0.324. The molecule has 0 spiro atoms. The minimum Gasteiger partial charge on any atom is -0.480 e. The Hall–Kier alpha value is -1.52. The van der Waals surface area contributed by atoms with E-state index in [2.05, 4.69) is 9.62 Å². The third kappa shape index (κ3) is 3.88. The SMILES string of the molecule is COCCN1CCN(S(=O)(=O)N[C@@]2(C(=O)O)C(C)[C@@H]2c2ccccc2)CC1. The first kappa shape index (κ1) is 20.2. The largest absolute Gasteiger partial charge is 0.480 e. The Bertz CT molecular complexity index is 764. The van der Waals surface area contributed by atoms with Gasteiger partial charge in [-0.1, -0.05) is 37.3 Å². The lowest BCUT2D eigenvalue weighted by Gasteiger charge is -2.34. The van der Waals surface area contributed by atoms with Crippen molar-refractivity contribution >= 4 is 16.2 Å². The van der Waals surface area contributed by atoms with Crippen LogP contribution in [-0.2, 0) is 19.7 Å². The van der Waals surface area contributed by atoms with E-state index in [9.17, 15) is 18.3 Å². The van der Waals surface area contributed by atoms with Crippen molar-refractivity contribution < 1.29 is 23.1 Å². The molecule has 1 aliphatic heterocycles. The van der Waals surface area contributed by atoms with Crippen molar-refractivity contribution in [1.82, 2.24) is 13.9 Å². The fourth-order valence-electron chi connectivity index (χ4n) is 3.99. The van der Waals surface area contributed by atoms with Crippen molar-refractivity contribution in [3.63, 3.8) is 0 Å². The smallest absolute Gasteiger partial charge is 0.325 e. The molecule has 0 aromatic heterocycles. The number of benzene rings is 1. The van der Waals surface area contributed by atoms with Crippen molar-refractivity contribution in [2.75, 3.05) is 46.4 Å². The molecular formula is C18H27N3O5S. The van der Waals surface area contributed by atoms with Crippen LogP contribution in [0.2, 0.25) is 0 Å². The zero-order valence-corrected chi connectivity index (χ0v) is 16.5. The summed E-state index contributed by atoms with van der Waals surface area (Å²) in [5.41, 5.74) is -0.660. The molecule has 1 aromatic carbocycles. The van der Waals surface area contributed by atoms with Crippen LogP contribution in [0.1, 0.15) is 18.4 Å². The Morgan fingerprint density at radius 1 is 1.26 bits per heavy atom. The van der Waals surface area contributed by atoms with E-state index in [4.69, 9.17) is 4.74 Å². The number of carbonyl (C=O) groups is 1. The molecule has 1 heterocycles. The Labute approximate surface area is 160 Å². The summed E-state index contributed by atoms with van der Waals surface area (Å²) in [6, 6.07) is 9.21. The van der Waals surface area contributed by atoms with E-state index in [-0.39, 0.29) is 11.8 Å². The molecule has 8 nitrogen and oxygen atoms in total. The summed E-state index contributed by atoms with van der Waals surface area (Å²) >= 11 is 0. The zero-order chi connectivity index (χ0) is 19.7. The highest BCUT2D eigenvalue weighted by molar-refractivity contribution is 7.87. The van der Waals surface area contributed by atoms with Crippen LogP contribution in [0.15, 0.2) is 30.3 Å². The Morgan fingerprint density at radius 2 is 1.89 bits per heavy atom. The number of hydrogen-bond donors (Lipinski definition) is 2. The van der Waals surface area contributed by atoms with Crippen LogP contribution >= 0.6 is 0 Å². The van der Waals surface area contributed by atoms with Crippen LogP contribution in [0.4, 0.5) is 0 Å². The topological polar surface area (TPSA) is 99.2 Å². The van der Waals surface area contributed by atoms with Crippen molar-refractivity contribution in [2.24, 2.45) is 5.92 Å². The molecule has 2 aliphatic rings. The maximum Gasteiger partial charge on any atom is 0.325 e. The molecular weight excluding hydrogens is 370 g/mol. The van der Waals surface area contributed by atoms with Gasteiger partial charge in [0.15, 0.2) is 0 Å². The number of hydrogen-bond acceptors (Lipinski definition) is 5. The average Bonchev–Trinajstić information content (AvgIpc) is 3.25. The molecule has 2 N–H and O–H groups in total. The number of carboxylic acid groups (broad SMARTS) is 1. The van der Waals surface area contributed by atoms with Crippen molar-refractivity contribution in [3.8, 4) is 0 Å². The van der Waals surface area contributed by atoms with Gasteiger partial charge in [-0.3, -0.25) is 9.69 Å². The van der Waals surface area contributed by atoms with Gasteiger partial charge in [0, 0.05) is 45.8 Å². The van der Waals surface area contributed by atoms with E-state index in [0.717, 1.165) is 12.1 Å². The predicted octanol–water partition coefficient (Wildman–Crippen LogP) is 0.342. The first-order valence-electron chi connectivity index (χ1n) is 9.11. The highest BCUT2D eigenvalue weighted by Crippen LogP contribution is 2.57. The van der Waals surface area contributed by atoms with Gasteiger partial charge in [-0.25, -0.2) is 0 Å². The van der Waals surface area contributed by atoms with E-state index in [1.54, 1.807) is 14.0 Å². The predicted molar refractivity (Wildman–Crippen MR) is 101 cm³/mol. The van der Waals surface area contributed by atoms with Crippen LogP contribution in [0.5, 0.6) is 0 Å². The summed E-state index contributed by atoms with van der Waals surface area (Å²) in [6.45, 7) is 4.99. The van der Waals surface area contributed by atoms with Gasteiger partial charge in [0.05, 0.1) is 6.61 Å². The van der Waals surface area contributed by atoms with Crippen molar-refractivity contribution in [2.45, 2.75) is 18.4 Å². The molecule has 1 saturated heterocycles. The van der Waals surface area contributed by atoms with Crippen molar-refractivity contribution in [1.29, 1.82) is 0 Å². The third-order valence-corrected chi connectivity index (χ3v) is 7.33. The minimum atomic E-state index is -3.90. The van der Waals surface area contributed by atoms with Gasteiger partial charge >= 0.3 is 5.97 Å². The number of aliphatic carboxylic acids is 1. The molecule has 150 valence electrons. The Balaban J connectivity index is 1.71. The van der Waals surface area contributed by atoms with Crippen LogP contribution in [-0.4, -0.2) is 80.7 Å². The highest BCUT2D eigenvalue weighted by Gasteiger charge is 2.70. The molecule has 1 aliphatic carbocycles. The van der Waals surface area contributed by atoms with E-state index in [1.807, 2.05) is 30.3 Å². The monoisotopic (exact) mass is 397 g/mol. The number of methoxy groups -OCH3 is 1. The molecule has 27 heavy (non-hydrogen) atoms. The number of carboxylic acids is 1. The van der Waals surface area contributed by atoms with E-state index in [1.165, 1.54) is 4.31 Å². The average molecular weight is 397 g/mol. The number of rotatable bonds is 8. The summed E-state index contributed by atoms with van der Waals surface area (Å²) in [7, 11) is -2.26. The second-order valence-electron chi connectivity index (χ2n) is 7.19. The van der Waals surface area contributed by atoms with E-state index in [0.29, 0.717) is 32.8 Å². The fourth-order valence-corrected chi connectivity index (χ4v) is 5.59. The first-order chi connectivity index (χ1) is 12.8. The molecule has 1 unspecified atom stereocenters. The first-order valence-corrected chi connectivity index (χ1v) is 10.6. The molecule has 3 rings (SSSR count). The second kappa shape index (κ2) is 7.84. The van der Waals surface area contributed by atoms with Crippen LogP contribution < -0.4 is 4.72 Å². The number of nitrogens with zero attached hydrogens (tertiary/aromatic N) is 2. The maximum absolute atomic E-state index is 12.9. The molecule has 0 bridgehead atoms. The van der Waals surface area contributed by atoms with Crippen molar-refractivity contribution in [3.05, 3.63) is 35.9 Å². The number of ether oxygens (including phenoxy) is 1. The lowest BCUT2D eigenvalue weighted by molar-refractivity contribution is -0.140. The van der Waals surface area contributed by atoms with Crippen LogP contribution in [0, 0.1) is 5.92 Å². The maximum atomic E-state index is 12.9. The molecule has 1 aromatic rings. The fraction of sp³-hybridized carbons (Fsp3) is 0.611. The highest BCUT2D eigenvalue weighted by atomic mass is 32.2. The quantitative estimate of drug-likeness (QED) is 0.656. The summed E-state index contributed by atoms with van der Waals surface area (Å²) in [6.07, 6.45) is 0. The number of piperazine rings is 1. The third-order valence-electron chi connectivity index (χ3n) is 5.69. The standard InChI is InChI=1S/C18H27N3O5S/c1-14-16(15-6-4-3-5-7-15)18(14,17(22)23)19-27(24,25)21-10-8-20(9-11-21)12-13-26-2/h3-7,14,16,19H,8-13H2,1-2H3,(H,22,23)/t14?,16-,18+/m1/s1. The molecule has 3 atom stereocenters. The summed E-state index contributed by atoms with van der Waals surface area (Å²) in [5.74, 6) is -1.84. The zero-order valence-electron chi connectivity index (χ0n) is 15.7. The second-order valence-corrected chi connectivity index (χ2v) is 8.86. The lowest BCUT2D eigenvalue weighted by Crippen LogP contribution is -2.56. The van der Waals surface area contributed by atoms with E-state index < -0.39 is 21.7 Å².